The SMILES string of the molecule is Cc1cc(C)c(C(=O)[P+](=O)C(CC(C)C)CC(C)CC(C)(C)C)c(C)c1. The van der Waals surface area contributed by atoms with Crippen LogP contribution in [-0.2, 0) is 4.57 Å². The summed E-state index contributed by atoms with van der Waals surface area (Å²) in [5, 5.41) is 0. The number of benzene rings is 1. The summed E-state index contributed by atoms with van der Waals surface area (Å²) in [6.07, 6.45) is 2.79. The Kier molecular flexibility index (Phi) is 8.21. The van der Waals surface area contributed by atoms with E-state index in [1.54, 1.807) is 0 Å². The molecule has 0 amide bonds. The van der Waals surface area contributed by atoms with Crippen molar-refractivity contribution >= 4 is 13.3 Å². The van der Waals surface area contributed by atoms with Crippen LogP contribution in [0.5, 0.6) is 0 Å². The Morgan fingerprint density at radius 3 is 1.92 bits per heavy atom. The summed E-state index contributed by atoms with van der Waals surface area (Å²) in [5.74, 6) is 0.902. The summed E-state index contributed by atoms with van der Waals surface area (Å²) in [4.78, 5) is 13.1. The van der Waals surface area contributed by atoms with Crippen LogP contribution in [0.15, 0.2) is 12.1 Å². The average molecular weight is 378 g/mol. The molecule has 0 fully saturated rings. The highest BCUT2D eigenvalue weighted by molar-refractivity contribution is 7.65. The number of hydrogen-bond acceptors (Lipinski definition) is 2. The molecule has 2 nitrogen and oxygen atoms in total. The maximum absolute atomic E-state index is 13.3. The number of rotatable bonds is 8. The Morgan fingerprint density at radius 2 is 1.50 bits per heavy atom. The van der Waals surface area contributed by atoms with Crippen LogP contribution < -0.4 is 0 Å². The van der Waals surface area contributed by atoms with Gasteiger partial charge in [-0.25, -0.2) is 4.79 Å². The molecule has 3 heteroatoms. The second-order valence-electron chi connectivity index (χ2n) is 9.79. The summed E-state index contributed by atoms with van der Waals surface area (Å²) in [6.45, 7) is 19.2. The topological polar surface area (TPSA) is 34.1 Å². The van der Waals surface area contributed by atoms with Crippen molar-refractivity contribution in [2.45, 2.75) is 87.2 Å². The summed E-state index contributed by atoms with van der Waals surface area (Å²) >= 11 is 0. The Morgan fingerprint density at radius 1 is 1.00 bits per heavy atom. The van der Waals surface area contributed by atoms with Crippen molar-refractivity contribution in [1.82, 2.24) is 0 Å². The molecule has 0 aromatic heterocycles. The van der Waals surface area contributed by atoms with E-state index in [1.165, 1.54) is 0 Å². The Balaban J connectivity index is 3.07. The van der Waals surface area contributed by atoms with E-state index in [9.17, 15) is 9.36 Å². The average Bonchev–Trinajstić information content (AvgIpc) is 2.41. The summed E-state index contributed by atoms with van der Waals surface area (Å²) in [5.41, 5.74) is 3.78. The normalized spacial score (nSPS) is 15.1. The Hall–Kier alpha value is -1.01. The van der Waals surface area contributed by atoms with Crippen molar-refractivity contribution in [1.29, 1.82) is 0 Å². The summed E-state index contributed by atoms with van der Waals surface area (Å²) in [6, 6.07) is 4.03. The highest BCUT2D eigenvalue weighted by Gasteiger charge is 2.41. The fourth-order valence-corrected chi connectivity index (χ4v) is 6.29. The van der Waals surface area contributed by atoms with Gasteiger partial charge in [-0.2, -0.15) is 0 Å². The third-order valence-corrected chi connectivity index (χ3v) is 6.51. The van der Waals surface area contributed by atoms with Crippen LogP contribution in [0.1, 0.15) is 87.9 Å². The molecule has 1 rings (SSSR count). The predicted molar refractivity (Wildman–Crippen MR) is 114 cm³/mol. The molecule has 146 valence electrons. The lowest BCUT2D eigenvalue weighted by atomic mass is 9.83. The van der Waals surface area contributed by atoms with Crippen LogP contribution in [0.25, 0.3) is 0 Å². The minimum atomic E-state index is -1.92. The van der Waals surface area contributed by atoms with Crippen molar-refractivity contribution in [3.63, 3.8) is 0 Å². The quantitative estimate of drug-likeness (QED) is 0.441. The van der Waals surface area contributed by atoms with Crippen LogP contribution >= 0.6 is 7.80 Å². The van der Waals surface area contributed by atoms with E-state index in [1.807, 2.05) is 32.9 Å². The van der Waals surface area contributed by atoms with Crippen molar-refractivity contribution in [2.24, 2.45) is 17.3 Å². The van der Waals surface area contributed by atoms with Crippen molar-refractivity contribution in [2.75, 3.05) is 0 Å². The van der Waals surface area contributed by atoms with Crippen LogP contribution in [0.2, 0.25) is 0 Å². The van der Waals surface area contributed by atoms with E-state index in [0.717, 1.165) is 36.0 Å². The van der Waals surface area contributed by atoms with E-state index in [-0.39, 0.29) is 16.6 Å². The van der Waals surface area contributed by atoms with Gasteiger partial charge >= 0.3 is 13.3 Å². The molecule has 0 aliphatic heterocycles. The molecule has 0 aliphatic rings. The fourth-order valence-electron chi connectivity index (χ4n) is 4.22. The lowest BCUT2D eigenvalue weighted by molar-refractivity contribution is 0.107. The first-order valence-corrected chi connectivity index (χ1v) is 11.2. The summed E-state index contributed by atoms with van der Waals surface area (Å²) in [7, 11) is -1.92. The van der Waals surface area contributed by atoms with Gasteiger partial charge in [0.1, 0.15) is 0 Å². The monoisotopic (exact) mass is 377 g/mol. The van der Waals surface area contributed by atoms with Crippen molar-refractivity contribution < 1.29 is 9.36 Å². The number of aryl methyl sites for hydroxylation is 3. The minimum absolute atomic E-state index is 0.0325. The van der Waals surface area contributed by atoms with E-state index < -0.39 is 7.80 Å². The third-order valence-electron chi connectivity index (χ3n) is 4.80. The van der Waals surface area contributed by atoms with Gasteiger partial charge in [-0.1, -0.05) is 63.8 Å². The number of hydrogen-bond donors (Lipinski definition) is 0. The maximum Gasteiger partial charge on any atom is 0.423 e. The van der Waals surface area contributed by atoms with Gasteiger partial charge in [0, 0.05) is 0 Å². The van der Waals surface area contributed by atoms with Crippen molar-refractivity contribution in [3.05, 3.63) is 34.4 Å². The first-order valence-electron chi connectivity index (χ1n) is 9.90. The highest BCUT2D eigenvalue weighted by Crippen LogP contribution is 2.42. The van der Waals surface area contributed by atoms with E-state index in [0.29, 0.717) is 17.4 Å². The van der Waals surface area contributed by atoms with E-state index >= 15 is 0 Å². The van der Waals surface area contributed by atoms with E-state index in [2.05, 4.69) is 41.5 Å². The van der Waals surface area contributed by atoms with E-state index in [4.69, 9.17) is 0 Å². The molecule has 0 saturated carbocycles. The Labute approximate surface area is 162 Å². The zero-order chi connectivity index (χ0) is 20.2. The van der Waals surface area contributed by atoms with Crippen LogP contribution in [0, 0.1) is 38.0 Å². The molecule has 3 unspecified atom stereocenters. The molecule has 1 aromatic carbocycles. The Bertz CT molecular complexity index is 630. The van der Waals surface area contributed by atoms with Gasteiger partial charge in [0.15, 0.2) is 5.66 Å². The molecule has 1 aromatic rings. The molecule has 0 saturated heterocycles. The molecular weight excluding hydrogens is 339 g/mol. The van der Waals surface area contributed by atoms with Crippen LogP contribution in [0.3, 0.4) is 0 Å². The molecule has 26 heavy (non-hydrogen) atoms. The van der Waals surface area contributed by atoms with Gasteiger partial charge in [-0.3, -0.25) is 0 Å². The second kappa shape index (κ2) is 9.27. The van der Waals surface area contributed by atoms with Gasteiger partial charge in [0.05, 0.1) is 5.56 Å². The van der Waals surface area contributed by atoms with Crippen LogP contribution in [0.4, 0.5) is 0 Å². The number of carbonyl (C=O) groups is 1. The smallest absolute Gasteiger partial charge is 0.234 e. The second-order valence-corrected chi connectivity index (χ2v) is 11.6. The molecule has 0 radical (unpaired) electrons. The van der Waals surface area contributed by atoms with Crippen molar-refractivity contribution in [3.8, 4) is 0 Å². The first kappa shape index (κ1) is 23.0. The predicted octanol–water partition coefficient (Wildman–Crippen LogP) is 7.46. The van der Waals surface area contributed by atoms with Crippen LogP contribution in [-0.4, -0.2) is 11.2 Å². The minimum Gasteiger partial charge on any atom is -0.234 e. The zero-order valence-corrected chi connectivity index (χ0v) is 19.2. The van der Waals surface area contributed by atoms with Gasteiger partial charge in [0.25, 0.3) is 0 Å². The molecule has 0 bridgehead atoms. The standard InChI is InChI=1S/C23H38O2P/c1-15(2)10-20(13-17(4)14-23(7,8)9)26(25)22(24)21-18(5)11-16(3)12-19(21)6/h11-12,15,17,20H,10,13-14H2,1-9H3/q+1. The maximum atomic E-state index is 13.3. The molecular formula is C23H38O2P+. The fraction of sp³-hybridized carbons (Fsp3) is 0.696. The largest absolute Gasteiger partial charge is 0.423 e. The molecule has 0 spiro atoms. The number of carbonyl (C=O) groups excluding carboxylic acids is 1. The molecule has 0 heterocycles. The highest BCUT2D eigenvalue weighted by atomic mass is 31.1. The zero-order valence-electron chi connectivity index (χ0n) is 18.3. The molecule has 0 aliphatic carbocycles. The van der Waals surface area contributed by atoms with Gasteiger partial charge in [-0.05, 0) is 68.4 Å². The third kappa shape index (κ3) is 6.95. The van der Waals surface area contributed by atoms with Gasteiger partial charge < -0.3 is 0 Å². The molecule has 3 atom stereocenters. The van der Waals surface area contributed by atoms with Gasteiger partial charge in [-0.15, -0.1) is 0 Å². The van der Waals surface area contributed by atoms with Gasteiger partial charge in [0.2, 0.25) is 0 Å². The lowest BCUT2D eigenvalue weighted by Gasteiger charge is -2.24. The lowest BCUT2D eigenvalue weighted by Crippen LogP contribution is -2.19. The summed E-state index contributed by atoms with van der Waals surface area (Å²) < 4.78 is 13.3. The first-order chi connectivity index (χ1) is 11.8. The molecule has 0 N–H and O–H groups in total.